The molecule has 3 aromatic rings. The van der Waals surface area contributed by atoms with Gasteiger partial charge in [0.25, 0.3) is 6.08 Å². The van der Waals surface area contributed by atoms with E-state index >= 15 is 0 Å². The van der Waals surface area contributed by atoms with E-state index in [0.717, 1.165) is 0 Å². The van der Waals surface area contributed by atoms with Crippen molar-refractivity contribution in [1.29, 1.82) is 0 Å². The summed E-state index contributed by atoms with van der Waals surface area (Å²) in [5.74, 6) is -13.7. The van der Waals surface area contributed by atoms with E-state index < -0.39 is 70.6 Å². The second-order valence-electron chi connectivity index (χ2n) is 7.76. The Morgan fingerprint density at radius 2 is 1.27 bits per heavy atom. The van der Waals surface area contributed by atoms with Gasteiger partial charge in [-0.05, 0) is 36.6 Å². The van der Waals surface area contributed by atoms with Crippen LogP contribution < -0.4 is 14.2 Å². The monoisotopic (exact) mass is 586 g/mol. The van der Waals surface area contributed by atoms with Crippen LogP contribution in [0.25, 0.3) is 0 Å². The van der Waals surface area contributed by atoms with Gasteiger partial charge in [-0.3, -0.25) is 0 Å². The summed E-state index contributed by atoms with van der Waals surface area (Å²) in [7, 11) is 0. The largest absolute Gasteiger partial charge is 0.573 e. The number of carbonyl (C=O) groups is 1. The van der Waals surface area contributed by atoms with Crippen LogP contribution in [0.5, 0.6) is 17.2 Å². The number of hydrogen-bond donors (Lipinski definition) is 0. The molecule has 0 saturated carbocycles. The van der Waals surface area contributed by atoms with Crippen LogP contribution in [0, 0.1) is 23.3 Å². The highest BCUT2D eigenvalue weighted by Crippen LogP contribution is 2.39. The van der Waals surface area contributed by atoms with Gasteiger partial charge in [-0.25, -0.2) is 22.4 Å². The quantitative estimate of drug-likeness (QED) is 0.144. The van der Waals surface area contributed by atoms with Crippen molar-refractivity contribution < 1.29 is 67.3 Å². The SMILES string of the molecule is O=C(Oc1cc(F)c(C(F)(F)Oc2cc(F)c(OC(F)(F)F)c(F)c2)c(F)c1)c1ccc(CCC=C(F)F)cc1. The summed E-state index contributed by atoms with van der Waals surface area (Å²) < 4.78 is 158. The smallest absolute Gasteiger partial charge is 0.429 e. The zero-order valence-electron chi connectivity index (χ0n) is 19.4. The fraction of sp³-hybridized carbons (Fsp3) is 0.160. The lowest BCUT2D eigenvalue weighted by Gasteiger charge is -2.20. The molecule has 0 radical (unpaired) electrons. The van der Waals surface area contributed by atoms with E-state index in [1.54, 1.807) is 0 Å². The van der Waals surface area contributed by atoms with Crippen LogP contribution in [-0.4, -0.2) is 12.3 Å². The number of esters is 1. The Kier molecular flexibility index (Phi) is 8.95. The van der Waals surface area contributed by atoms with Gasteiger partial charge in [0.1, 0.15) is 28.7 Å². The molecule has 0 aliphatic carbocycles. The Balaban J connectivity index is 1.76. The molecule has 0 unspecified atom stereocenters. The predicted octanol–water partition coefficient (Wildman–Crippen LogP) is 8.20. The molecule has 0 amide bonds. The molecule has 3 rings (SSSR count). The maximum atomic E-state index is 14.5. The van der Waals surface area contributed by atoms with Crippen LogP contribution in [0.3, 0.4) is 0 Å². The number of ether oxygens (including phenoxy) is 3. The van der Waals surface area contributed by atoms with Gasteiger partial charge >= 0.3 is 18.4 Å². The first-order chi connectivity index (χ1) is 18.6. The van der Waals surface area contributed by atoms with E-state index in [4.69, 9.17) is 4.74 Å². The fourth-order valence-corrected chi connectivity index (χ4v) is 3.22. The van der Waals surface area contributed by atoms with Crippen LogP contribution in [0.15, 0.2) is 60.7 Å². The third-order valence-corrected chi connectivity index (χ3v) is 4.87. The maximum Gasteiger partial charge on any atom is 0.573 e. The van der Waals surface area contributed by atoms with Crippen molar-refractivity contribution in [2.24, 2.45) is 0 Å². The Morgan fingerprint density at radius 3 is 1.77 bits per heavy atom. The number of allylic oxidation sites excluding steroid dienone is 1. The van der Waals surface area contributed by atoms with Crippen molar-refractivity contribution in [2.75, 3.05) is 0 Å². The predicted molar refractivity (Wildman–Crippen MR) is 114 cm³/mol. The van der Waals surface area contributed by atoms with Crippen LogP contribution in [0.2, 0.25) is 0 Å². The summed E-state index contributed by atoms with van der Waals surface area (Å²) in [6, 6.07) is 5.34. The molecule has 0 saturated heterocycles. The second-order valence-corrected chi connectivity index (χ2v) is 7.76. The van der Waals surface area contributed by atoms with Gasteiger partial charge in [-0.2, -0.15) is 17.6 Å². The summed E-state index contributed by atoms with van der Waals surface area (Å²) in [5, 5.41) is 0. The number of rotatable bonds is 9. The molecule has 0 heterocycles. The minimum atomic E-state index is -5.52. The normalized spacial score (nSPS) is 11.7. The lowest BCUT2D eigenvalue weighted by atomic mass is 10.1. The lowest BCUT2D eigenvalue weighted by molar-refractivity contribution is -0.276. The van der Waals surface area contributed by atoms with Crippen molar-refractivity contribution in [3.8, 4) is 17.2 Å². The Morgan fingerprint density at radius 1 is 0.750 bits per heavy atom. The van der Waals surface area contributed by atoms with E-state index in [0.29, 0.717) is 11.6 Å². The number of halogens is 11. The summed E-state index contributed by atoms with van der Waals surface area (Å²) in [4.78, 5) is 12.3. The zero-order valence-corrected chi connectivity index (χ0v) is 19.4. The molecule has 3 aromatic carbocycles. The molecular formula is C25H13F11O4. The van der Waals surface area contributed by atoms with Crippen molar-refractivity contribution in [3.05, 3.63) is 101 Å². The molecule has 0 atom stereocenters. The van der Waals surface area contributed by atoms with Crippen molar-refractivity contribution in [1.82, 2.24) is 0 Å². The first-order valence-electron chi connectivity index (χ1n) is 10.7. The van der Waals surface area contributed by atoms with Gasteiger partial charge in [0.05, 0.1) is 5.56 Å². The summed E-state index contributed by atoms with van der Waals surface area (Å²) in [6.45, 7) is 0. The van der Waals surface area contributed by atoms with Crippen LogP contribution in [-0.2, 0) is 12.5 Å². The standard InChI is InChI=1S/C25H13F11O4/c26-16-8-14(38-23(37)13-6-4-12(5-7-13)2-1-3-20(30)31)9-17(27)21(16)24(32,33)39-15-10-18(28)22(19(29)11-15)40-25(34,35)36/h3-11H,1-2H2. The molecule has 4 nitrogen and oxygen atoms in total. The average molecular weight is 586 g/mol. The van der Waals surface area contributed by atoms with Gasteiger partial charge in [-0.1, -0.05) is 12.1 Å². The van der Waals surface area contributed by atoms with E-state index in [9.17, 15) is 53.1 Å². The van der Waals surface area contributed by atoms with Crippen molar-refractivity contribution >= 4 is 5.97 Å². The molecule has 0 spiro atoms. The van der Waals surface area contributed by atoms with E-state index in [-0.39, 0.29) is 42.7 Å². The highest BCUT2D eigenvalue weighted by molar-refractivity contribution is 5.91. The summed E-state index contributed by atoms with van der Waals surface area (Å²) in [5.41, 5.74) is -1.65. The number of carbonyl (C=O) groups excluding carboxylic acids is 1. The van der Waals surface area contributed by atoms with E-state index in [1.807, 2.05) is 0 Å². The van der Waals surface area contributed by atoms with Gasteiger partial charge in [0.15, 0.2) is 11.6 Å². The summed E-state index contributed by atoms with van der Waals surface area (Å²) in [6.07, 6.45) is -11.4. The number of alkyl halides is 5. The molecule has 0 aliphatic rings. The van der Waals surface area contributed by atoms with Crippen LogP contribution in [0.4, 0.5) is 48.3 Å². The van der Waals surface area contributed by atoms with Crippen LogP contribution in [0.1, 0.15) is 27.9 Å². The number of benzene rings is 3. The average Bonchev–Trinajstić information content (AvgIpc) is 2.80. The number of hydrogen-bond acceptors (Lipinski definition) is 4. The molecule has 40 heavy (non-hydrogen) atoms. The lowest BCUT2D eigenvalue weighted by Crippen LogP contribution is -2.25. The maximum absolute atomic E-state index is 14.5. The first-order valence-corrected chi connectivity index (χ1v) is 10.7. The second kappa shape index (κ2) is 11.8. The topological polar surface area (TPSA) is 44.8 Å². The molecule has 0 fully saturated rings. The van der Waals surface area contributed by atoms with Gasteiger partial charge in [0.2, 0.25) is 5.75 Å². The number of aryl methyl sites for hydroxylation is 1. The third-order valence-electron chi connectivity index (χ3n) is 4.87. The third kappa shape index (κ3) is 7.86. The van der Waals surface area contributed by atoms with Crippen LogP contribution >= 0.6 is 0 Å². The molecule has 15 heteroatoms. The Hall–Kier alpha value is -4.30. The fourth-order valence-electron chi connectivity index (χ4n) is 3.22. The van der Waals surface area contributed by atoms with Crippen molar-refractivity contribution in [2.45, 2.75) is 25.3 Å². The van der Waals surface area contributed by atoms with E-state index in [2.05, 4.69) is 9.47 Å². The molecule has 0 bridgehead atoms. The summed E-state index contributed by atoms with van der Waals surface area (Å²) >= 11 is 0. The molecule has 0 aliphatic heterocycles. The molecular weight excluding hydrogens is 573 g/mol. The molecule has 214 valence electrons. The Bertz CT molecular complexity index is 1370. The zero-order chi connectivity index (χ0) is 29.8. The molecule has 0 N–H and O–H groups in total. The minimum Gasteiger partial charge on any atom is -0.429 e. The highest BCUT2D eigenvalue weighted by atomic mass is 19.4. The van der Waals surface area contributed by atoms with Gasteiger partial charge < -0.3 is 14.2 Å². The van der Waals surface area contributed by atoms with Gasteiger partial charge in [-0.15, -0.1) is 13.2 Å². The minimum absolute atomic E-state index is 0.0209. The van der Waals surface area contributed by atoms with Crippen molar-refractivity contribution in [3.63, 3.8) is 0 Å². The van der Waals surface area contributed by atoms with E-state index in [1.165, 1.54) is 24.3 Å². The Labute approximate surface area is 217 Å². The van der Waals surface area contributed by atoms with Gasteiger partial charge in [0, 0.05) is 24.3 Å². The highest BCUT2D eigenvalue weighted by Gasteiger charge is 2.42. The first kappa shape index (κ1) is 30.2. The molecule has 0 aromatic heterocycles.